The predicted octanol–water partition coefficient (Wildman–Crippen LogP) is 2.28. The number of rotatable bonds is 5. The van der Waals surface area contributed by atoms with Gasteiger partial charge >= 0.3 is 0 Å². The van der Waals surface area contributed by atoms with Crippen molar-refractivity contribution in [2.45, 2.75) is 25.8 Å². The summed E-state index contributed by atoms with van der Waals surface area (Å²) in [5.74, 6) is 1.05. The summed E-state index contributed by atoms with van der Waals surface area (Å²) in [7, 11) is -2.90. The third-order valence-corrected chi connectivity index (χ3v) is 5.71. The molecule has 0 amide bonds. The Hall–Kier alpha value is -0.980. The molecular formula is C15H21Cl2N3O2S. The molecule has 1 aromatic rings. The van der Waals surface area contributed by atoms with Gasteiger partial charge in [0, 0.05) is 29.2 Å². The number of sulfone groups is 1. The highest BCUT2D eigenvalue weighted by Gasteiger charge is 2.28. The molecule has 1 unspecified atom stereocenters. The van der Waals surface area contributed by atoms with Crippen LogP contribution in [0.25, 0.3) is 0 Å². The number of nitrogens with zero attached hydrogens (tertiary/aromatic N) is 1. The number of halogens is 2. The minimum atomic E-state index is -2.90. The number of benzene rings is 1. The molecule has 1 heterocycles. The quantitative estimate of drug-likeness (QED) is 0.609. The van der Waals surface area contributed by atoms with Crippen LogP contribution in [0.5, 0.6) is 0 Å². The van der Waals surface area contributed by atoms with Gasteiger partial charge in [0.1, 0.15) is 0 Å². The van der Waals surface area contributed by atoms with Crippen LogP contribution in [0.15, 0.2) is 23.2 Å². The molecule has 0 aromatic heterocycles. The minimum absolute atomic E-state index is 0.0709. The van der Waals surface area contributed by atoms with Crippen molar-refractivity contribution in [3.63, 3.8) is 0 Å². The van der Waals surface area contributed by atoms with Crippen molar-refractivity contribution in [1.29, 1.82) is 0 Å². The summed E-state index contributed by atoms with van der Waals surface area (Å²) in [6, 6.07) is 5.36. The Balaban J connectivity index is 1.93. The summed E-state index contributed by atoms with van der Waals surface area (Å²) in [6.07, 6.45) is 1.33. The lowest BCUT2D eigenvalue weighted by Crippen LogP contribution is -2.44. The molecule has 1 aliphatic rings. The van der Waals surface area contributed by atoms with E-state index in [0.29, 0.717) is 41.9 Å². The Bertz CT molecular complexity index is 657. The Kier molecular flexibility index (Phi) is 6.56. The molecular weight excluding hydrogens is 357 g/mol. The van der Waals surface area contributed by atoms with Crippen molar-refractivity contribution in [1.82, 2.24) is 10.6 Å². The normalized spacial score (nSPS) is 20.5. The van der Waals surface area contributed by atoms with E-state index in [4.69, 9.17) is 23.2 Å². The van der Waals surface area contributed by atoms with Crippen molar-refractivity contribution in [3.8, 4) is 0 Å². The molecule has 0 aliphatic carbocycles. The second kappa shape index (κ2) is 8.22. The number of hydrogen-bond acceptors (Lipinski definition) is 3. The molecule has 2 rings (SSSR count). The van der Waals surface area contributed by atoms with Crippen LogP contribution >= 0.6 is 23.2 Å². The molecule has 2 N–H and O–H groups in total. The zero-order valence-corrected chi connectivity index (χ0v) is 15.3. The van der Waals surface area contributed by atoms with Crippen LogP contribution in [0.3, 0.4) is 0 Å². The van der Waals surface area contributed by atoms with Crippen molar-refractivity contribution in [2.24, 2.45) is 4.99 Å². The lowest BCUT2D eigenvalue weighted by molar-refractivity contribution is 0.599. The van der Waals surface area contributed by atoms with Crippen molar-refractivity contribution in [3.05, 3.63) is 33.8 Å². The summed E-state index contributed by atoms with van der Waals surface area (Å²) >= 11 is 12.0. The van der Waals surface area contributed by atoms with E-state index in [1.54, 1.807) is 6.07 Å². The van der Waals surface area contributed by atoms with Crippen LogP contribution in [-0.2, 0) is 16.3 Å². The van der Waals surface area contributed by atoms with E-state index >= 15 is 0 Å². The third-order valence-electron chi connectivity index (χ3n) is 3.51. The van der Waals surface area contributed by atoms with E-state index in [9.17, 15) is 8.42 Å². The van der Waals surface area contributed by atoms with Gasteiger partial charge in [0.05, 0.1) is 11.5 Å². The number of hydrogen-bond donors (Lipinski definition) is 2. The van der Waals surface area contributed by atoms with Gasteiger partial charge in [-0.15, -0.1) is 0 Å². The van der Waals surface area contributed by atoms with Crippen LogP contribution in [-0.4, -0.2) is 45.0 Å². The van der Waals surface area contributed by atoms with Gasteiger partial charge in [0.2, 0.25) is 0 Å². The first kappa shape index (κ1) is 18.4. The van der Waals surface area contributed by atoms with Crippen LogP contribution in [0.4, 0.5) is 0 Å². The highest BCUT2D eigenvalue weighted by molar-refractivity contribution is 7.91. The summed E-state index contributed by atoms with van der Waals surface area (Å²) < 4.78 is 23.0. The second-order valence-electron chi connectivity index (χ2n) is 5.53. The first-order valence-electron chi connectivity index (χ1n) is 7.58. The highest BCUT2D eigenvalue weighted by Crippen LogP contribution is 2.19. The van der Waals surface area contributed by atoms with E-state index in [0.717, 1.165) is 5.56 Å². The number of nitrogens with one attached hydrogen (secondary N) is 2. The average molecular weight is 378 g/mol. The van der Waals surface area contributed by atoms with Gasteiger partial charge in [0.15, 0.2) is 15.8 Å². The van der Waals surface area contributed by atoms with Crippen LogP contribution in [0, 0.1) is 0 Å². The van der Waals surface area contributed by atoms with Gasteiger partial charge < -0.3 is 10.6 Å². The predicted molar refractivity (Wildman–Crippen MR) is 96.3 cm³/mol. The smallest absolute Gasteiger partial charge is 0.191 e. The monoisotopic (exact) mass is 377 g/mol. The first-order valence-corrected chi connectivity index (χ1v) is 10.2. The molecule has 0 spiro atoms. The van der Waals surface area contributed by atoms with Gasteiger partial charge in [-0.25, -0.2) is 8.42 Å². The van der Waals surface area contributed by atoms with Crippen LogP contribution < -0.4 is 10.6 Å². The fourth-order valence-electron chi connectivity index (χ4n) is 2.47. The fraction of sp³-hybridized carbons (Fsp3) is 0.533. The fourth-order valence-corrected chi connectivity index (χ4v) is 4.72. The molecule has 1 saturated heterocycles. The topological polar surface area (TPSA) is 70.6 Å². The molecule has 0 radical (unpaired) electrons. The Labute approximate surface area is 147 Å². The van der Waals surface area contributed by atoms with Crippen molar-refractivity contribution < 1.29 is 8.42 Å². The van der Waals surface area contributed by atoms with E-state index in [2.05, 4.69) is 15.6 Å². The third kappa shape index (κ3) is 6.20. The van der Waals surface area contributed by atoms with E-state index in [-0.39, 0.29) is 17.5 Å². The summed E-state index contributed by atoms with van der Waals surface area (Å²) in [4.78, 5) is 4.49. The largest absolute Gasteiger partial charge is 0.357 e. The molecule has 0 saturated carbocycles. The minimum Gasteiger partial charge on any atom is -0.357 e. The molecule has 8 heteroatoms. The maximum atomic E-state index is 11.5. The zero-order chi connectivity index (χ0) is 16.9. The van der Waals surface area contributed by atoms with Gasteiger partial charge in [-0.3, -0.25) is 4.99 Å². The lowest BCUT2D eigenvalue weighted by Gasteiger charge is -2.15. The standard InChI is InChI=1S/C15H21Cl2N3O2S/c1-2-18-15(20-14-4-6-23(21,22)10-14)19-5-3-11-7-12(16)9-13(17)8-11/h7-9,14H,2-6,10H2,1H3,(H2,18,19,20). The van der Waals surface area contributed by atoms with Crippen LogP contribution in [0.1, 0.15) is 18.9 Å². The van der Waals surface area contributed by atoms with Crippen molar-refractivity contribution >= 4 is 39.0 Å². The molecule has 23 heavy (non-hydrogen) atoms. The Morgan fingerprint density at radius 1 is 1.30 bits per heavy atom. The molecule has 5 nitrogen and oxygen atoms in total. The molecule has 128 valence electrons. The second-order valence-corrected chi connectivity index (χ2v) is 8.63. The summed E-state index contributed by atoms with van der Waals surface area (Å²) in [6.45, 7) is 3.25. The van der Waals surface area contributed by atoms with Gasteiger partial charge in [-0.05, 0) is 43.5 Å². The summed E-state index contributed by atoms with van der Waals surface area (Å²) in [5, 5.41) is 7.54. The van der Waals surface area contributed by atoms with E-state index < -0.39 is 9.84 Å². The number of aliphatic imine (C=N–C) groups is 1. The molecule has 1 fully saturated rings. The molecule has 0 bridgehead atoms. The number of guanidine groups is 1. The maximum absolute atomic E-state index is 11.5. The Morgan fingerprint density at radius 3 is 2.57 bits per heavy atom. The first-order chi connectivity index (χ1) is 10.9. The van der Waals surface area contributed by atoms with Gasteiger partial charge in [0.25, 0.3) is 0 Å². The Morgan fingerprint density at radius 2 is 2.00 bits per heavy atom. The zero-order valence-electron chi connectivity index (χ0n) is 13.0. The maximum Gasteiger partial charge on any atom is 0.191 e. The average Bonchev–Trinajstić information content (AvgIpc) is 2.77. The van der Waals surface area contributed by atoms with Gasteiger partial charge in [-0.1, -0.05) is 23.2 Å². The van der Waals surface area contributed by atoms with Crippen molar-refractivity contribution in [2.75, 3.05) is 24.6 Å². The lowest BCUT2D eigenvalue weighted by atomic mass is 10.1. The van der Waals surface area contributed by atoms with E-state index in [1.807, 2.05) is 19.1 Å². The van der Waals surface area contributed by atoms with Gasteiger partial charge in [-0.2, -0.15) is 0 Å². The SMILES string of the molecule is CCNC(=NCCc1cc(Cl)cc(Cl)c1)NC1CCS(=O)(=O)C1. The summed E-state index contributed by atoms with van der Waals surface area (Å²) in [5.41, 5.74) is 1.02. The van der Waals surface area contributed by atoms with Crippen LogP contribution in [0.2, 0.25) is 10.0 Å². The molecule has 1 atom stereocenters. The van der Waals surface area contributed by atoms with E-state index in [1.165, 1.54) is 0 Å². The molecule has 1 aliphatic heterocycles. The molecule has 1 aromatic carbocycles. The highest BCUT2D eigenvalue weighted by atomic mass is 35.5.